The molecule has 0 aliphatic rings. The van der Waals surface area contributed by atoms with Crippen LogP contribution < -0.4 is 5.73 Å². The van der Waals surface area contributed by atoms with Gasteiger partial charge in [0.05, 0.1) is 6.61 Å². The Balaban J connectivity index is 2.96. The van der Waals surface area contributed by atoms with Gasteiger partial charge in [0, 0.05) is 6.04 Å². The average molecular weight is 195 g/mol. The summed E-state index contributed by atoms with van der Waals surface area (Å²) in [5.41, 5.74) is 8.82. The Morgan fingerprint density at radius 2 is 1.79 bits per heavy atom. The number of phenolic OH excluding ortho intramolecular Hbond substituents is 1. The number of aliphatic hydroxyl groups is 1. The summed E-state index contributed by atoms with van der Waals surface area (Å²) in [6, 6.07) is 3.20. The molecule has 4 N–H and O–H groups in total. The van der Waals surface area contributed by atoms with Gasteiger partial charge in [0.1, 0.15) is 5.75 Å². The lowest BCUT2D eigenvalue weighted by molar-refractivity contribution is 0.265. The second-order valence-electron chi connectivity index (χ2n) is 3.70. The molecule has 1 aromatic rings. The molecule has 3 nitrogen and oxygen atoms in total. The van der Waals surface area contributed by atoms with Crippen LogP contribution in [0.3, 0.4) is 0 Å². The highest BCUT2D eigenvalue weighted by Crippen LogP contribution is 2.21. The third kappa shape index (κ3) is 2.47. The van der Waals surface area contributed by atoms with Crippen molar-refractivity contribution in [2.45, 2.75) is 26.3 Å². The summed E-state index contributed by atoms with van der Waals surface area (Å²) in [5, 5.41) is 18.2. The molecule has 78 valence electrons. The van der Waals surface area contributed by atoms with Crippen molar-refractivity contribution in [2.24, 2.45) is 5.73 Å². The van der Waals surface area contributed by atoms with Gasteiger partial charge in [-0.15, -0.1) is 0 Å². The van der Waals surface area contributed by atoms with Gasteiger partial charge in [-0.2, -0.15) is 0 Å². The molecular formula is C11H17NO2. The van der Waals surface area contributed by atoms with Gasteiger partial charge in [-0.05, 0) is 49.1 Å². The average Bonchev–Trinajstić information content (AvgIpc) is 2.10. The van der Waals surface area contributed by atoms with E-state index >= 15 is 0 Å². The number of aromatic hydroxyl groups is 1. The van der Waals surface area contributed by atoms with E-state index in [1.165, 1.54) is 0 Å². The van der Waals surface area contributed by atoms with E-state index in [0.717, 1.165) is 16.7 Å². The summed E-state index contributed by atoms with van der Waals surface area (Å²) >= 11 is 0. The first kappa shape index (κ1) is 11.0. The van der Waals surface area contributed by atoms with Crippen LogP contribution in [-0.2, 0) is 6.42 Å². The number of aliphatic hydroxyl groups excluding tert-OH is 1. The number of aryl methyl sites for hydroxylation is 2. The third-order valence-electron chi connectivity index (χ3n) is 2.38. The Kier molecular flexibility index (Phi) is 3.49. The molecule has 0 saturated heterocycles. The van der Waals surface area contributed by atoms with Crippen molar-refractivity contribution in [3.63, 3.8) is 0 Å². The summed E-state index contributed by atoms with van der Waals surface area (Å²) in [6.45, 7) is 3.86. The van der Waals surface area contributed by atoms with Crippen molar-refractivity contribution in [3.8, 4) is 5.75 Å². The zero-order chi connectivity index (χ0) is 10.7. The molecule has 0 spiro atoms. The van der Waals surface area contributed by atoms with E-state index < -0.39 is 0 Å². The molecule has 1 rings (SSSR count). The van der Waals surface area contributed by atoms with Crippen LogP contribution in [-0.4, -0.2) is 22.9 Å². The molecule has 1 atom stereocenters. The molecule has 0 saturated carbocycles. The number of hydrogen-bond donors (Lipinski definition) is 3. The Labute approximate surface area is 84.2 Å². The van der Waals surface area contributed by atoms with Crippen molar-refractivity contribution in [1.29, 1.82) is 0 Å². The molecule has 1 unspecified atom stereocenters. The SMILES string of the molecule is Cc1cc(O)cc(C)c1CC(N)CO. The first-order valence-electron chi connectivity index (χ1n) is 4.70. The summed E-state index contributed by atoms with van der Waals surface area (Å²) in [4.78, 5) is 0. The van der Waals surface area contributed by atoms with E-state index in [1.54, 1.807) is 12.1 Å². The van der Waals surface area contributed by atoms with E-state index in [9.17, 15) is 5.11 Å². The Hall–Kier alpha value is -1.06. The van der Waals surface area contributed by atoms with E-state index in [-0.39, 0.29) is 18.4 Å². The number of rotatable bonds is 3. The van der Waals surface area contributed by atoms with Crippen molar-refractivity contribution in [2.75, 3.05) is 6.61 Å². The number of benzene rings is 1. The summed E-state index contributed by atoms with van der Waals surface area (Å²) < 4.78 is 0. The first-order chi connectivity index (χ1) is 6.54. The molecule has 0 fully saturated rings. The number of nitrogens with two attached hydrogens (primary N) is 1. The van der Waals surface area contributed by atoms with E-state index in [0.29, 0.717) is 6.42 Å². The molecule has 1 aromatic carbocycles. The van der Waals surface area contributed by atoms with Gasteiger partial charge in [0.2, 0.25) is 0 Å². The van der Waals surface area contributed by atoms with Gasteiger partial charge in [-0.1, -0.05) is 0 Å². The Morgan fingerprint density at radius 1 is 1.29 bits per heavy atom. The summed E-state index contributed by atoms with van der Waals surface area (Å²) in [7, 11) is 0. The highest BCUT2D eigenvalue weighted by molar-refractivity contribution is 5.40. The van der Waals surface area contributed by atoms with Crippen LogP contribution in [0.1, 0.15) is 16.7 Å². The fourth-order valence-electron chi connectivity index (χ4n) is 1.62. The third-order valence-corrected chi connectivity index (χ3v) is 2.38. The number of phenols is 1. The van der Waals surface area contributed by atoms with Crippen LogP contribution >= 0.6 is 0 Å². The maximum absolute atomic E-state index is 9.33. The van der Waals surface area contributed by atoms with E-state index in [4.69, 9.17) is 10.8 Å². The van der Waals surface area contributed by atoms with Gasteiger partial charge in [0.15, 0.2) is 0 Å². The Morgan fingerprint density at radius 3 is 2.21 bits per heavy atom. The predicted molar refractivity (Wildman–Crippen MR) is 56.3 cm³/mol. The maximum Gasteiger partial charge on any atom is 0.116 e. The van der Waals surface area contributed by atoms with E-state index in [2.05, 4.69) is 0 Å². The minimum absolute atomic E-state index is 0.0141. The van der Waals surface area contributed by atoms with Crippen molar-refractivity contribution in [3.05, 3.63) is 28.8 Å². The topological polar surface area (TPSA) is 66.5 Å². The first-order valence-corrected chi connectivity index (χ1v) is 4.70. The highest BCUT2D eigenvalue weighted by atomic mass is 16.3. The molecule has 0 aliphatic carbocycles. The van der Waals surface area contributed by atoms with Crippen molar-refractivity contribution >= 4 is 0 Å². The summed E-state index contributed by atoms with van der Waals surface area (Å²) in [6.07, 6.45) is 0.647. The Bertz CT molecular complexity index is 300. The standard InChI is InChI=1S/C11H17NO2/c1-7-3-10(14)4-8(2)11(7)5-9(12)6-13/h3-4,9,13-14H,5-6,12H2,1-2H3. The molecule has 0 bridgehead atoms. The van der Waals surface area contributed by atoms with Crippen molar-refractivity contribution < 1.29 is 10.2 Å². The molecule has 0 amide bonds. The fourth-order valence-corrected chi connectivity index (χ4v) is 1.62. The van der Waals surface area contributed by atoms with Gasteiger partial charge in [-0.25, -0.2) is 0 Å². The van der Waals surface area contributed by atoms with Gasteiger partial charge >= 0.3 is 0 Å². The smallest absolute Gasteiger partial charge is 0.116 e. The van der Waals surface area contributed by atoms with Crippen LogP contribution in [0.15, 0.2) is 12.1 Å². The lowest BCUT2D eigenvalue weighted by Crippen LogP contribution is -2.27. The fraction of sp³-hybridized carbons (Fsp3) is 0.455. The zero-order valence-corrected chi connectivity index (χ0v) is 8.62. The van der Waals surface area contributed by atoms with Crippen molar-refractivity contribution in [1.82, 2.24) is 0 Å². The summed E-state index contributed by atoms with van der Waals surface area (Å²) in [5.74, 6) is 0.279. The monoisotopic (exact) mass is 195 g/mol. The molecule has 0 aliphatic heterocycles. The van der Waals surface area contributed by atoms with E-state index in [1.807, 2.05) is 13.8 Å². The quantitative estimate of drug-likeness (QED) is 0.670. The normalized spacial score (nSPS) is 12.9. The van der Waals surface area contributed by atoms with Crippen LogP contribution in [0.2, 0.25) is 0 Å². The molecule has 0 radical (unpaired) electrons. The molecular weight excluding hydrogens is 178 g/mol. The second-order valence-corrected chi connectivity index (χ2v) is 3.70. The minimum Gasteiger partial charge on any atom is -0.508 e. The van der Waals surface area contributed by atoms with Crippen LogP contribution in [0.5, 0.6) is 5.75 Å². The highest BCUT2D eigenvalue weighted by Gasteiger charge is 2.08. The van der Waals surface area contributed by atoms with Gasteiger partial charge in [0.25, 0.3) is 0 Å². The van der Waals surface area contributed by atoms with Crippen LogP contribution in [0.4, 0.5) is 0 Å². The lowest BCUT2D eigenvalue weighted by atomic mass is 9.96. The molecule has 0 heterocycles. The van der Waals surface area contributed by atoms with Gasteiger partial charge in [-0.3, -0.25) is 0 Å². The minimum atomic E-state index is -0.225. The molecule has 14 heavy (non-hydrogen) atoms. The number of hydrogen-bond acceptors (Lipinski definition) is 3. The molecule has 3 heteroatoms. The second kappa shape index (κ2) is 4.44. The van der Waals surface area contributed by atoms with Gasteiger partial charge < -0.3 is 15.9 Å². The van der Waals surface area contributed by atoms with Crippen LogP contribution in [0, 0.1) is 13.8 Å². The lowest BCUT2D eigenvalue weighted by Gasteiger charge is -2.13. The maximum atomic E-state index is 9.33. The largest absolute Gasteiger partial charge is 0.508 e. The molecule has 0 aromatic heterocycles. The van der Waals surface area contributed by atoms with Crippen LogP contribution in [0.25, 0.3) is 0 Å². The predicted octanol–water partition coefficient (Wildman–Crippen LogP) is 0.871. The zero-order valence-electron chi connectivity index (χ0n) is 8.62.